The third-order valence-corrected chi connectivity index (χ3v) is 15.8. The number of benzene rings is 4. The molecule has 15 nitrogen and oxygen atoms in total. The van der Waals surface area contributed by atoms with E-state index < -0.39 is 71.8 Å². The van der Waals surface area contributed by atoms with Crippen LogP contribution in [0.1, 0.15) is 117 Å². The second kappa shape index (κ2) is 20.2. The molecule has 4 fully saturated rings. The van der Waals surface area contributed by atoms with Crippen LogP contribution in [-0.2, 0) is 24.6 Å². The summed E-state index contributed by atoms with van der Waals surface area (Å²) >= 11 is 0. The quantitative estimate of drug-likeness (QED) is 0.0610. The summed E-state index contributed by atoms with van der Waals surface area (Å²) in [5.74, 6) is -2.60. The van der Waals surface area contributed by atoms with Gasteiger partial charge >= 0.3 is 6.09 Å². The summed E-state index contributed by atoms with van der Waals surface area (Å²) in [6, 6.07) is 11.4. The van der Waals surface area contributed by atoms with Gasteiger partial charge < -0.3 is 49.5 Å². The summed E-state index contributed by atoms with van der Waals surface area (Å²) < 4.78 is 90.8. The van der Waals surface area contributed by atoms with Gasteiger partial charge in [-0.2, -0.15) is 0 Å². The number of aromatic amines is 2. The van der Waals surface area contributed by atoms with E-state index in [1.54, 1.807) is 43.9 Å². The monoisotopic (exact) mass is 1010 g/mol. The minimum absolute atomic E-state index is 0.0825. The van der Waals surface area contributed by atoms with Crippen molar-refractivity contribution in [3.8, 4) is 0 Å². The van der Waals surface area contributed by atoms with Gasteiger partial charge in [0.2, 0.25) is 12.3 Å². The molecule has 4 aliphatic rings. The van der Waals surface area contributed by atoms with E-state index in [9.17, 15) is 23.9 Å². The zero-order valence-electron chi connectivity index (χ0n) is 40.8. The third kappa shape index (κ3) is 9.32. The van der Waals surface area contributed by atoms with Crippen molar-refractivity contribution >= 4 is 51.9 Å². The normalized spacial score (nSPS) is 22.5. The van der Waals surface area contributed by atoms with Gasteiger partial charge in [0.25, 0.3) is 0 Å². The number of carbonyl (C=O) groups is 3. The van der Waals surface area contributed by atoms with Crippen LogP contribution in [0.3, 0.4) is 0 Å². The Hall–Kier alpha value is -6.80. The number of alkyl carbamates (subject to hydrolysis) is 1. The molecular weight excluding hydrogens is 954 g/mol. The van der Waals surface area contributed by atoms with Crippen molar-refractivity contribution in [1.82, 2.24) is 35.1 Å². The predicted molar refractivity (Wildman–Crippen MR) is 261 cm³/mol. The lowest BCUT2D eigenvalue weighted by atomic mass is 9.89. The van der Waals surface area contributed by atoms with Crippen LogP contribution in [0.4, 0.5) is 38.1 Å². The van der Waals surface area contributed by atoms with Gasteiger partial charge in [0.15, 0.2) is 11.6 Å². The zero-order valence-corrected chi connectivity index (χ0v) is 40.8. The van der Waals surface area contributed by atoms with Gasteiger partial charge in [-0.1, -0.05) is 12.1 Å². The van der Waals surface area contributed by atoms with Crippen molar-refractivity contribution in [2.45, 2.75) is 106 Å². The summed E-state index contributed by atoms with van der Waals surface area (Å²) in [5.41, 5.74) is 2.06. The zero-order chi connectivity index (χ0) is 51.3. The Kier molecular flexibility index (Phi) is 13.8. The minimum Gasteiger partial charge on any atom is -0.453 e. The molecule has 6 aromatic rings. The Bertz CT molecular complexity index is 3010. The number of rotatable bonds is 14. The Morgan fingerprint density at radius 3 is 2.07 bits per heavy atom. The molecule has 10 rings (SSSR count). The summed E-state index contributed by atoms with van der Waals surface area (Å²) in [6.07, 6.45) is 3.18. The highest BCUT2D eigenvalue weighted by Gasteiger charge is 2.43. The molecule has 3 amide bonds. The molecule has 0 aliphatic carbocycles. The van der Waals surface area contributed by atoms with Gasteiger partial charge in [-0.05, 0) is 106 Å². The molecule has 73 heavy (non-hydrogen) atoms. The first-order chi connectivity index (χ1) is 35.2. The largest absolute Gasteiger partial charge is 0.453 e. The number of amides is 3. The molecule has 0 unspecified atom stereocenters. The lowest BCUT2D eigenvalue weighted by Gasteiger charge is -2.36. The molecular formula is C53H58F5N9O6. The number of imidazole rings is 2. The van der Waals surface area contributed by atoms with E-state index in [-0.39, 0.29) is 64.9 Å². The second-order valence-corrected chi connectivity index (χ2v) is 19.9. The lowest BCUT2D eigenvalue weighted by Crippen LogP contribution is -2.49. The van der Waals surface area contributed by atoms with E-state index >= 15 is 17.6 Å². The maximum atomic E-state index is 16.9. The predicted octanol–water partition coefficient (Wildman–Crippen LogP) is 8.85. The topological polar surface area (TPSA) is 172 Å². The van der Waals surface area contributed by atoms with Crippen LogP contribution in [0.5, 0.6) is 0 Å². The summed E-state index contributed by atoms with van der Waals surface area (Å²) in [5, 5.41) is 12.5. The van der Waals surface area contributed by atoms with Gasteiger partial charge in [0.1, 0.15) is 40.9 Å². The highest BCUT2D eigenvalue weighted by molar-refractivity contribution is 5.81. The van der Waals surface area contributed by atoms with Crippen LogP contribution in [0.25, 0.3) is 22.1 Å². The fraction of sp³-hybridized carbons (Fsp3) is 0.453. The Morgan fingerprint density at radius 2 is 1.45 bits per heavy atom. The molecule has 0 radical (unpaired) electrons. The third-order valence-electron chi connectivity index (χ3n) is 15.8. The van der Waals surface area contributed by atoms with Crippen LogP contribution in [0.2, 0.25) is 0 Å². The number of likely N-dealkylation sites (tertiary alicyclic amines) is 2. The number of fused-ring (bicyclic) bond motifs is 2. The fourth-order valence-corrected chi connectivity index (χ4v) is 11.9. The number of carbonyl (C=O) groups excluding carboxylic acids is 3. The van der Waals surface area contributed by atoms with Crippen molar-refractivity contribution in [3.63, 3.8) is 0 Å². The number of aliphatic hydroxyl groups excluding tert-OH is 1. The van der Waals surface area contributed by atoms with Gasteiger partial charge in [0, 0.05) is 68.7 Å². The number of piperidine rings is 1. The first-order valence-electron chi connectivity index (χ1n) is 24.9. The second-order valence-electron chi connectivity index (χ2n) is 19.9. The molecule has 20 heteroatoms. The molecule has 0 spiro atoms. The van der Waals surface area contributed by atoms with Crippen LogP contribution in [-0.4, -0.2) is 112 Å². The van der Waals surface area contributed by atoms with Gasteiger partial charge in [-0.25, -0.2) is 36.7 Å². The van der Waals surface area contributed by atoms with Gasteiger partial charge in [-0.15, -0.1) is 0 Å². The molecule has 4 aromatic carbocycles. The summed E-state index contributed by atoms with van der Waals surface area (Å²) in [4.78, 5) is 60.8. The van der Waals surface area contributed by atoms with Crippen LogP contribution < -0.4 is 15.1 Å². The number of halogens is 5. The van der Waals surface area contributed by atoms with Crippen molar-refractivity contribution in [2.75, 3.05) is 56.8 Å². The van der Waals surface area contributed by atoms with Crippen molar-refractivity contribution in [3.05, 3.63) is 118 Å². The van der Waals surface area contributed by atoms with E-state index in [1.165, 1.54) is 50.6 Å². The van der Waals surface area contributed by atoms with Gasteiger partial charge in [0.05, 0.1) is 65.5 Å². The molecule has 386 valence electrons. The maximum Gasteiger partial charge on any atom is 0.407 e. The molecule has 0 bridgehead atoms. The molecule has 4 aliphatic heterocycles. The smallest absolute Gasteiger partial charge is 0.407 e. The lowest BCUT2D eigenvalue weighted by molar-refractivity contribution is -0.133. The molecule has 2 aromatic heterocycles. The van der Waals surface area contributed by atoms with E-state index in [0.717, 1.165) is 18.4 Å². The molecule has 6 atom stereocenters. The SMILES string of the molecule is COC(=O)N[C@H](CC(=O)N1CCC[C@H]1c1nc2cc(F)c([C@H]3CC[C@H](c4cc5[nH]c([C@@]6(C)CCCN6C=O)nc5cc4F)N3c3cc(F)c(N4CCC(c5ccc(F)cc5)CC4)c(F)c3)cc2[nH]1)[C@@H](CO)OC. The number of hydrogen-bond acceptors (Lipinski definition) is 10. The van der Waals surface area contributed by atoms with Crippen LogP contribution in [0.15, 0.2) is 60.7 Å². The highest BCUT2D eigenvalue weighted by Crippen LogP contribution is 2.50. The number of aromatic nitrogens is 4. The van der Waals surface area contributed by atoms with Gasteiger partial charge in [-0.3, -0.25) is 9.59 Å². The van der Waals surface area contributed by atoms with Crippen molar-refractivity contribution in [1.29, 1.82) is 0 Å². The van der Waals surface area contributed by atoms with E-state index in [1.807, 2.05) is 6.92 Å². The van der Waals surface area contributed by atoms with Crippen molar-refractivity contribution < 1.29 is 50.9 Å². The minimum atomic E-state index is -0.909. The Morgan fingerprint density at radius 1 is 0.808 bits per heavy atom. The van der Waals surface area contributed by atoms with E-state index in [2.05, 4.69) is 15.3 Å². The molecule has 0 saturated carbocycles. The number of H-pyrrole nitrogens is 2. The average molecular weight is 1010 g/mol. The van der Waals surface area contributed by atoms with Crippen LogP contribution in [0, 0.1) is 29.1 Å². The first-order valence-corrected chi connectivity index (χ1v) is 24.9. The number of ether oxygens (including phenoxy) is 2. The average Bonchev–Trinajstić information content (AvgIpc) is 4.24. The Labute approximate surface area is 418 Å². The number of aliphatic hydroxyl groups is 1. The number of hydrogen-bond donors (Lipinski definition) is 4. The number of nitrogens with one attached hydrogen (secondary N) is 3. The molecule has 6 heterocycles. The summed E-state index contributed by atoms with van der Waals surface area (Å²) in [7, 11) is 2.54. The maximum absolute atomic E-state index is 16.9. The highest BCUT2D eigenvalue weighted by atomic mass is 19.1. The van der Waals surface area contributed by atoms with Crippen LogP contribution >= 0.6 is 0 Å². The number of methoxy groups -OCH3 is 2. The van der Waals surface area contributed by atoms with E-state index in [0.29, 0.717) is 86.5 Å². The fourth-order valence-electron chi connectivity index (χ4n) is 11.9. The first kappa shape index (κ1) is 49.8. The standard InChI is InChI=1S/C53H58F5N9O6/c1-53(15-5-16-65(53)28-69)51-61-40-23-34(36(56)25-42(40)62-51)45-12-11-44(67(45)32-20-37(57)49(38(58)21-32)64-18-13-30(14-19-64)29-7-9-31(54)10-8-29)33-22-39-41(24-35(33)55)60-50(59-39)46-6-4-17-66(46)48(70)26-43(47(27-68)72-2)63-52(71)73-3/h7-10,20-25,28,30,43-47,68H,4-6,11-19,26-27H2,1-3H3,(H,59,60)(H,61,62)(H,63,71)/t43-,44-,45-,46+,47-,53-/m1/s1. The Balaban J connectivity index is 0.986. The molecule has 4 N–H and O–H groups in total. The molecule has 4 saturated heterocycles. The number of anilines is 2. The van der Waals surface area contributed by atoms with Crippen molar-refractivity contribution in [2.24, 2.45) is 0 Å². The summed E-state index contributed by atoms with van der Waals surface area (Å²) in [6.45, 7) is 3.06. The number of nitrogens with zero attached hydrogens (tertiary/aromatic N) is 6. The van der Waals surface area contributed by atoms with E-state index in [4.69, 9.17) is 19.4 Å².